The van der Waals surface area contributed by atoms with Crippen molar-refractivity contribution in [3.63, 3.8) is 0 Å². The minimum absolute atomic E-state index is 0. The maximum atomic E-state index is 13.3. The highest BCUT2D eigenvalue weighted by atomic mass is 127. The summed E-state index contributed by atoms with van der Waals surface area (Å²) in [4.78, 5) is 6.73. The molecule has 0 aromatic heterocycles. The van der Waals surface area contributed by atoms with Gasteiger partial charge in [0, 0.05) is 33.2 Å². The first kappa shape index (κ1) is 22.6. The molecule has 0 spiro atoms. The second-order valence-corrected chi connectivity index (χ2v) is 6.51. The number of nitrogens with one attached hydrogen (secondary N) is 2. The number of aliphatic imine (C=N–C) groups is 1. The van der Waals surface area contributed by atoms with Crippen molar-refractivity contribution in [2.45, 2.75) is 12.6 Å². The minimum atomic E-state index is -0.228. The first-order valence-electron chi connectivity index (χ1n) is 9.32. The molecule has 1 saturated heterocycles. The van der Waals surface area contributed by atoms with Crippen LogP contribution in [0.15, 0.2) is 59.6 Å². The zero-order chi connectivity index (χ0) is 18.9. The number of rotatable bonds is 6. The highest BCUT2D eigenvalue weighted by Crippen LogP contribution is 2.21. The third-order valence-electron chi connectivity index (χ3n) is 4.71. The van der Waals surface area contributed by atoms with Gasteiger partial charge in [0.15, 0.2) is 5.96 Å². The van der Waals surface area contributed by atoms with E-state index in [1.54, 1.807) is 13.1 Å². The van der Waals surface area contributed by atoms with Crippen molar-refractivity contribution in [3.8, 4) is 0 Å². The smallest absolute Gasteiger partial charge is 0.191 e. The normalized spacial score (nSPS) is 16.1. The zero-order valence-corrected chi connectivity index (χ0v) is 18.4. The molecule has 2 N–H and O–H groups in total. The summed E-state index contributed by atoms with van der Waals surface area (Å²) < 4.78 is 18.8. The van der Waals surface area contributed by atoms with Crippen LogP contribution in [0.1, 0.15) is 17.2 Å². The molecule has 0 amide bonds. The molecular formula is C21H28FIN4O. The quantitative estimate of drug-likeness (QED) is 0.365. The average molecular weight is 498 g/mol. The number of morpholine rings is 1. The van der Waals surface area contributed by atoms with Crippen molar-refractivity contribution >= 4 is 29.9 Å². The van der Waals surface area contributed by atoms with Crippen molar-refractivity contribution in [2.24, 2.45) is 4.99 Å². The van der Waals surface area contributed by atoms with Crippen LogP contribution in [-0.4, -0.2) is 50.8 Å². The van der Waals surface area contributed by atoms with Gasteiger partial charge >= 0.3 is 0 Å². The molecule has 1 aliphatic rings. The summed E-state index contributed by atoms with van der Waals surface area (Å²) in [6.45, 7) is 4.59. The van der Waals surface area contributed by atoms with Crippen molar-refractivity contribution in [2.75, 3.05) is 39.9 Å². The lowest BCUT2D eigenvalue weighted by Crippen LogP contribution is -2.46. The van der Waals surface area contributed by atoms with Gasteiger partial charge in [0.1, 0.15) is 5.82 Å². The van der Waals surface area contributed by atoms with E-state index < -0.39 is 0 Å². The lowest BCUT2D eigenvalue weighted by molar-refractivity contribution is 0.0170. The lowest BCUT2D eigenvalue weighted by Gasteiger charge is -2.35. The Morgan fingerprint density at radius 3 is 2.54 bits per heavy atom. The van der Waals surface area contributed by atoms with E-state index in [1.807, 2.05) is 12.1 Å². The summed E-state index contributed by atoms with van der Waals surface area (Å²) in [7, 11) is 1.74. The maximum Gasteiger partial charge on any atom is 0.191 e. The Morgan fingerprint density at radius 1 is 1.11 bits per heavy atom. The molecule has 1 heterocycles. The van der Waals surface area contributed by atoms with E-state index in [-0.39, 0.29) is 35.8 Å². The Hall–Kier alpha value is -1.71. The molecule has 7 heteroatoms. The molecule has 1 atom stereocenters. The minimum Gasteiger partial charge on any atom is -0.379 e. The van der Waals surface area contributed by atoms with Gasteiger partial charge in [-0.15, -0.1) is 24.0 Å². The maximum absolute atomic E-state index is 13.3. The summed E-state index contributed by atoms with van der Waals surface area (Å²) in [6.07, 6.45) is 0. The van der Waals surface area contributed by atoms with Gasteiger partial charge in [-0.1, -0.05) is 42.5 Å². The third kappa shape index (κ3) is 6.72. The number of hydrogen-bond acceptors (Lipinski definition) is 3. The largest absolute Gasteiger partial charge is 0.379 e. The van der Waals surface area contributed by atoms with Gasteiger partial charge in [0.2, 0.25) is 0 Å². The van der Waals surface area contributed by atoms with Gasteiger partial charge < -0.3 is 15.4 Å². The van der Waals surface area contributed by atoms with Crippen LogP contribution in [0.5, 0.6) is 0 Å². The molecule has 3 rings (SSSR count). The van der Waals surface area contributed by atoms with Crippen LogP contribution in [0.3, 0.4) is 0 Å². The van der Waals surface area contributed by atoms with Gasteiger partial charge in [-0.2, -0.15) is 0 Å². The van der Waals surface area contributed by atoms with Crippen LogP contribution in [0, 0.1) is 5.82 Å². The number of halogens is 2. The first-order valence-corrected chi connectivity index (χ1v) is 9.32. The van der Waals surface area contributed by atoms with Crippen LogP contribution in [-0.2, 0) is 11.3 Å². The number of nitrogens with zero attached hydrogens (tertiary/aromatic N) is 2. The predicted octanol–water partition coefficient (Wildman–Crippen LogP) is 3.18. The molecular weight excluding hydrogens is 470 g/mol. The van der Waals surface area contributed by atoms with E-state index in [4.69, 9.17) is 4.74 Å². The summed E-state index contributed by atoms with van der Waals surface area (Å²) in [5.74, 6) is 0.474. The molecule has 0 radical (unpaired) electrons. The fraction of sp³-hybridized carbons (Fsp3) is 0.381. The van der Waals surface area contributed by atoms with E-state index in [0.29, 0.717) is 12.5 Å². The Morgan fingerprint density at radius 2 is 1.86 bits per heavy atom. The van der Waals surface area contributed by atoms with Crippen LogP contribution in [0.2, 0.25) is 0 Å². The Bertz CT molecular complexity index is 738. The fourth-order valence-electron chi connectivity index (χ4n) is 3.27. The van der Waals surface area contributed by atoms with Gasteiger partial charge in [0.05, 0.1) is 19.3 Å². The molecule has 152 valence electrons. The second-order valence-electron chi connectivity index (χ2n) is 6.51. The second kappa shape index (κ2) is 12.0. The van der Waals surface area contributed by atoms with Gasteiger partial charge in [-0.05, 0) is 23.3 Å². The highest BCUT2D eigenvalue weighted by molar-refractivity contribution is 14.0. The molecule has 1 aliphatic heterocycles. The molecule has 5 nitrogen and oxygen atoms in total. The number of ether oxygens (including phenoxy) is 1. The summed E-state index contributed by atoms with van der Waals surface area (Å²) >= 11 is 0. The number of guanidine groups is 1. The van der Waals surface area contributed by atoms with Crippen LogP contribution >= 0.6 is 24.0 Å². The summed E-state index contributed by atoms with van der Waals surface area (Å²) in [5.41, 5.74) is 2.15. The third-order valence-corrected chi connectivity index (χ3v) is 4.71. The molecule has 0 saturated carbocycles. The van der Waals surface area contributed by atoms with Crippen molar-refractivity contribution in [1.29, 1.82) is 0 Å². The molecule has 2 aromatic rings. The first-order chi connectivity index (χ1) is 13.3. The highest BCUT2D eigenvalue weighted by Gasteiger charge is 2.22. The zero-order valence-electron chi connectivity index (χ0n) is 16.1. The topological polar surface area (TPSA) is 48.9 Å². The number of hydrogen-bond donors (Lipinski definition) is 2. The van der Waals surface area contributed by atoms with Crippen molar-refractivity contribution < 1.29 is 9.13 Å². The number of benzene rings is 2. The van der Waals surface area contributed by atoms with Gasteiger partial charge in [-0.25, -0.2) is 4.39 Å². The summed E-state index contributed by atoms with van der Waals surface area (Å²) in [5, 5.41) is 6.66. The van der Waals surface area contributed by atoms with E-state index in [2.05, 4.69) is 44.8 Å². The van der Waals surface area contributed by atoms with Crippen molar-refractivity contribution in [1.82, 2.24) is 15.5 Å². The molecule has 28 heavy (non-hydrogen) atoms. The Labute approximate surface area is 183 Å². The van der Waals surface area contributed by atoms with E-state index in [0.717, 1.165) is 38.4 Å². The SMILES string of the molecule is CN=C(NCc1cccc(F)c1)NCC(c1ccccc1)N1CCOCC1.I. The van der Waals surface area contributed by atoms with E-state index >= 15 is 0 Å². The summed E-state index contributed by atoms with van der Waals surface area (Å²) in [6, 6.07) is 17.3. The average Bonchev–Trinajstić information content (AvgIpc) is 2.72. The monoisotopic (exact) mass is 498 g/mol. The van der Waals surface area contributed by atoms with Crippen LogP contribution < -0.4 is 10.6 Å². The Balaban J connectivity index is 0.00000280. The van der Waals surface area contributed by atoms with Gasteiger partial charge in [-0.3, -0.25) is 9.89 Å². The molecule has 1 fully saturated rings. The standard InChI is InChI=1S/C21H27FN4O.HI/c1-23-21(24-15-17-6-5-9-19(22)14-17)25-16-20(18-7-3-2-4-8-18)26-10-12-27-13-11-26;/h2-9,14,20H,10-13,15-16H2,1H3,(H2,23,24,25);1H. The molecule has 1 unspecified atom stereocenters. The predicted molar refractivity (Wildman–Crippen MR) is 122 cm³/mol. The van der Waals surface area contributed by atoms with Gasteiger partial charge in [0.25, 0.3) is 0 Å². The van der Waals surface area contributed by atoms with Crippen LogP contribution in [0.25, 0.3) is 0 Å². The molecule has 0 bridgehead atoms. The van der Waals surface area contributed by atoms with Crippen molar-refractivity contribution in [3.05, 3.63) is 71.5 Å². The Kier molecular flexibility index (Phi) is 9.66. The van der Waals surface area contributed by atoms with Crippen LogP contribution in [0.4, 0.5) is 4.39 Å². The fourth-order valence-corrected chi connectivity index (χ4v) is 3.27. The van der Waals surface area contributed by atoms with E-state index in [9.17, 15) is 4.39 Å². The molecule has 2 aromatic carbocycles. The van der Waals surface area contributed by atoms with E-state index in [1.165, 1.54) is 17.7 Å². The molecule has 0 aliphatic carbocycles. The lowest BCUT2D eigenvalue weighted by atomic mass is 10.0.